The molecular weight excluding hydrogens is 342 g/mol. The molecule has 0 aliphatic carbocycles. The summed E-state index contributed by atoms with van der Waals surface area (Å²) in [6.45, 7) is 9.51. The number of benzene rings is 1. The normalized spacial score (nSPS) is 16.1. The molecule has 7 nitrogen and oxygen atoms in total. The molecule has 0 bridgehead atoms. The SMILES string of the molecule is Cc1cccc(N2CCN(CC[C@H](C)Nc3ccc([N+](=O)[O-])cn3)CC2)c1. The third-order valence-electron chi connectivity index (χ3n) is 4.97. The van der Waals surface area contributed by atoms with Crippen LogP contribution >= 0.6 is 0 Å². The van der Waals surface area contributed by atoms with Crippen LogP contribution in [0.1, 0.15) is 18.9 Å². The third-order valence-corrected chi connectivity index (χ3v) is 4.97. The molecule has 144 valence electrons. The number of aromatic nitrogens is 1. The van der Waals surface area contributed by atoms with Crippen molar-refractivity contribution in [1.82, 2.24) is 9.88 Å². The van der Waals surface area contributed by atoms with Crippen LogP contribution in [0.2, 0.25) is 0 Å². The van der Waals surface area contributed by atoms with E-state index >= 15 is 0 Å². The summed E-state index contributed by atoms with van der Waals surface area (Å²) in [6.07, 6.45) is 2.29. The van der Waals surface area contributed by atoms with Crippen LogP contribution in [0, 0.1) is 17.0 Å². The van der Waals surface area contributed by atoms with Gasteiger partial charge in [0.25, 0.3) is 5.69 Å². The van der Waals surface area contributed by atoms with Crippen LogP contribution in [0.3, 0.4) is 0 Å². The van der Waals surface area contributed by atoms with E-state index in [1.807, 2.05) is 0 Å². The summed E-state index contributed by atoms with van der Waals surface area (Å²) in [5.41, 5.74) is 2.63. The highest BCUT2D eigenvalue weighted by molar-refractivity contribution is 5.48. The van der Waals surface area contributed by atoms with Crippen molar-refractivity contribution in [3.8, 4) is 0 Å². The first kappa shape index (κ1) is 19.1. The van der Waals surface area contributed by atoms with Crippen molar-refractivity contribution in [3.05, 3.63) is 58.3 Å². The largest absolute Gasteiger partial charge is 0.369 e. The average molecular weight is 369 g/mol. The summed E-state index contributed by atoms with van der Waals surface area (Å²) < 4.78 is 0. The third kappa shape index (κ3) is 5.40. The van der Waals surface area contributed by atoms with E-state index in [4.69, 9.17) is 0 Å². The Balaban J connectivity index is 1.41. The fourth-order valence-corrected chi connectivity index (χ4v) is 3.33. The molecule has 1 aliphatic rings. The van der Waals surface area contributed by atoms with Crippen LogP contribution in [0.5, 0.6) is 0 Å². The molecule has 0 radical (unpaired) electrons. The van der Waals surface area contributed by atoms with Crippen molar-refractivity contribution >= 4 is 17.2 Å². The summed E-state index contributed by atoms with van der Waals surface area (Å²) in [4.78, 5) is 19.3. The Morgan fingerprint density at radius 2 is 2.00 bits per heavy atom. The lowest BCUT2D eigenvalue weighted by atomic mass is 10.1. The molecule has 1 aromatic carbocycles. The minimum Gasteiger partial charge on any atom is -0.369 e. The fraction of sp³-hybridized carbons (Fsp3) is 0.450. The minimum atomic E-state index is -0.434. The summed E-state index contributed by atoms with van der Waals surface area (Å²) in [6, 6.07) is 12.1. The van der Waals surface area contributed by atoms with Crippen LogP contribution < -0.4 is 10.2 Å². The second-order valence-corrected chi connectivity index (χ2v) is 7.16. The number of hydrogen-bond acceptors (Lipinski definition) is 6. The van der Waals surface area contributed by atoms with E-state index in [1.54, 1.807) is 6.07 Å². The molecule has 1 aliphatic heterocycles. The molecule has 0 saturated carbocycles. The molecule has 27 heavy (non-hydrogen) atoms. The lowest BCUT2D eigenvalue weighted by Gasteiger charge is -2.36. The molecule has 1 N–H and O–H groups in total. The standard InChI is InChI=1S/C20H27N5O2/c1-16-4-3-5-18(14-16)24-12-10-23(11-13-24)9-8-17(2)22-20-7-6-19(15-21-20)25(26)27/h3-7,14-15,17H,8-13H2,1-2H3,(H,21,22)/t17-/m0/s1. The first-order chi connectivity index (χ1) is 13.0. The summed E-state index contributed by atoms with van der Waals surface area (Å²) >= 11 is 0. The Bertz CT molecular complexity index is 757. The molecule has 1 saturated heterocycles. The van der Waals surface area contributed by atoms with Gasteiger partial charge in [0.05, 0.1) is 4.92 Å². The van der Waals surface area contributed by atoms with Gasteiger partial charge in [-0.3, -0.25) is 15.0 Å². The van der Waals surface area contributed by atoms with Gasteiger partial charge in [-0.2, -0.15) is 0 Å². The van der Waals surface area contributed by atoms with Crippen molar-refractivity contribution < 1.29 is 4.92 Å². The second-order valence-electron chi connectivity index (χ2n) is 7.16. The molecule has 1 atom stereocenters. The Hall–Kier alpha value is -2.67. The molecule has 0 amide bonds. The number of hydrogen-bond donors (Lipinski definition) is 1. The highest BCUT2D eigenvalue weighted by atomic mass is 16.6. The van der Waals surface area contributed by atoms with Crippen LogP contribution in [0.15, 0.2) is 42.6 Å². The highest BCUT2D eigenvalue weighted by Crippen LogP contribution is 2.18. The molecule has 0 unspecified atom stereocenters. The van der Waals surface area contributed by atoms with Gasteiger partial charge in [-0.05, 0) is 44.0 Å². The zero-order chi connectivity index (χ0) is 19.2. The Kier molecular flexibility index (Phi) is 6.24. The van der Waals surface area contributed by atoms with Gasteiger partial charge in [0.15, 0.2) is 0 Å². The lowest BCUT2D eigenvalue weighted by Crippen LogP contribution is -2.47. The maximum atomic E-state index is 10.7. The van der Waals surface area contributed by atoms with Gasteiger partial charge >= 0.3 is 0 Å². The molecule has 2 heterocycles. The highest BCUT2D eigenvalue weighted by Gasteiger charge is 2.18. The number of aryl methyl sites for hydroxylation is 1. The van der Waals surface area contributed by atoms with E-state index in [-0.39, 0.29) is 11.7 Å². The first-order valence-electron chi connectivity index (χ1n) is 9.42. The predicted molar refractivity (Wildman–Crippen MR) is 108 cm³/mol. The zero-order valence-electron chi connectivity index (χ0n) is 16.0. The van der Waals surface area contributed by atoms with Crippen LogP contribution in [-0.2, 0) is 0 Å². The van der Waals surface area contributed by atoms with E-state index in [0.717, 1.165) is 39.1 Å². The van der Waals surface area contributed by atoms with Gasteiger partial charge in [0.1, 0.15) is 12.0 Å². The van der Waals surface area contributed by atoms with Crippen LogP contribution in [0.25, 0.3) is 0 Å². The van der Waals surface area contributed by atoms with E-state index < -0.39 is 4.92 Å². The average Bonchev–Trinajstić information content (AvgIpc) is 2.67. The van der Waals surface area contributed by atoms with Gasteiger partial charge in [0, 0.05) is 50.5 Å². The van der Waals surface area contributed by atoms with Crippen LogP contribution in [0.4, 0.5) is 17.2 Å². The molecule has 2 aromatic rings. The van der Waals surface area contributed by atoms with E-state index in [2.05, 4.69) is 58.2 Å². The van der Waals surface area contributed by atoms with Crippen LogP contribution in [-0.4, -0.2) is 53.6 Å². The summed E-state index contributed by atoms with van der Waals surface area (Å²) in [7, 11) is 0. The molecule has 1 fully saturated rings. The smallest absolute Gasteiger partial charge is 0.287 e. The quantitative estimate of drug-likeness (QED) is 0.596. The topological polar surface area (TPSA) is 74.5 Å². The van der Waals surface area contributed by atoms with Crippen molar-refractivity contribution in [2.75, 3.05) is 42.9 Å². The Labute approximate surface area is 160 Å². The number of piperazine rings is 1. The first-order valence-corrected chi connectivity index (χ1v) is 9.42. The predicted octanol–water partition coefficient (Wildman–Crippen LogP) is 3.31. The monoisotopic (exact) mass is 369 g/mol. The number of nitro groups is 1. The molecular formula is C20H27N5O2. The summed E-state index contributed by atoms with van der Waals surface area (Å²) in [5, 5.41) is 14.0. The maximum absolute atomic E-state index is 10.7. The summed E-state index contributed by atoms with van der Waals surface area (Å²) in [5.74, 6) is 0.678. The molecule has 7 heteroatoms. The van der Waals surface area contributed by atoms with Gasteiger partial charge in [0.2, 0.25) is 0 Å². The van der Waals surface area contributed by atoms with Crippen molar-refractivity contribution in [2.45, 2.75) is 26.3 Å². The molecule has 1 aromatic heterocycles. The maximum Gasteiger partial charge on any atom is 0.287 e. The number of pyridine rings is 1. The van der Waals surface area contributed by atoms with Gasteiger partial charge in [-0.25, -0.2) is 4.98 Å². The number of nitrogens with zero attached hydrogens (tertiary/aromatic N) is 4. The minimum absolute atomic E-state index is 0.0136. The van der Waals surface area contributed by atoms with Crippen molar-refractivity contribution in [1.29, 1.82) is 0 Å². The van der Waals surface area contributed by atoms with Gasteiger partial charge < -0.3 is 10.2 Å². The zero-order valence-corrected chi connectivity index (χ0v) is 16.0. The molecule has 0 spiro atoms. The lowest BCUT2D eigenvalue weighted by molar-refractivity contribution is -0.385. The number of rotatable bonds is 7. The Morgan fingerprint density at radius 3 is 2.63 bits per heavy atom. The van der Waals surface area contributed by atoms with E-state index in [0.29, 0.717) is 5.82 Å². The Morgan fingerprint density at radius 1 is 1.22 bits per heavy atom. The number of nitrogens with one attached hydrogen (secondary N) is 1. The second kappa shape index (κ2) is 8.81. The molecule has 3 rings (SSSR count). The van der Waals surface area contributed by atoms with Gasteiger partial charge in [-0.15, -0.1) is 0 Å². The van der Waals surface area contributed by atoms with E-state index in [9.17, 15) is 10.1 Å². The number of anilines is 2. The van der Waals surface area contributed by atoms with E-state index in [1.165, 1.54) is 23.5 Å². The van der Waals surface area contributed by atoms with Crippen molar-refractivity contribution in [3.63, 3.8) is 0 Å². The van der Waals surface area contributed by atoms with Crippen molar-refractivity contribution in [2.24, 2.45) is 0 Å². The van der Waals surface area contributed by atoms with Gasteiger partial charge in [-0.1, -0.05) is 12.1 Å². The fourth-order valence-electron chi connectivity index (χ4n) is 3.33.